The molecule has 2 heterocycles. The first-order valence-electron chi connectivity index (χ1n) is 9.37. The SMILES string of the molecule is CN=C(NCc1ncc(C(C)(C)C)o1)NCC(C)(C)N1CCCCC1.I. The monoisotopic (exact) mass is 477 g/mol. The van der Waals surface area contributed by atoms with Gasteiger partial charge in [-0.25, -0.2) is 4.98 Å². The fraction of sp³-hybridized carbons (Fsp3) is 0.789. The summed E-state index contributed by atoms with van der Waals surface area (Å²) in [6, 6.07) is 0. The van der Waals surface area contributed by atoms with Gasteiger partial charge in [0.15, 0.2) is 5.96 Å². The molecule has 1 aromatic rings. The minimum atomic E-state index is -0.0242. The molecule has 0 bridgehead atoms. The van der Waals surface area contributed by atoms with Crippen LogP contribution in [0.2, 0.25) is 0 Å². The number of aromatic nitrogens is 1. The number of hydrogen-bond donors (Lipinski definition) is 2. The first-order valence-corrected chi connectivity index (χ1v) is 9.37. The summed E-state index contributed by atoms with van der Waals surface area (Å²) < 4.78 is 5.82. The Morgan fingerprint density at radius 2 is 1.81 bits per heavy atom. The van der Waals surface area contributed by atoms with Gasteiger partial charge in [0.2, 0.25) is 5.89 Å². The Labute approximate surface area is 175 Å². The van der Waals surface area contributed by atoms with Crippen LogP contribution >= 0.6 is 24.0 Å². The van der Waals surface area contributed by atoms with Crippen molar-refractivity contribution < 1.29 is 4.42 Å². The van der Waals surface area contributed by atoms with Crippen LogP contribution in [0, 0.1) is 0 Å². The van der Waals surface area contributed by atoms with Crippen molar-refractivity contribution in [3.63, 3.8) is 0 Å². The maximum absolute atomic E-state index is 5.82. The van der Waals surface area contributed by atoms with Gasteiger partial charge in [0, 0.05) is 24.5 Å². The highest BCUT2D eigenvalue weighted by atomic mass is 127. The lowest BCUT2D eigenvalue weighted by Crippen LogP contribution is -2.54. The van der Waals surface area contributed by atoms with Gasteiger partial charge in [0.1, 0.15) is 5.76 Å². The zero-order valence-electron chi connectivity index (χ0n) is 17.2. The van der Waals surface area contributed by atoms with Gasteiger partial charge in [0.05, 0.1) is 12.7 Å². The van der Waals surface area contributed by atoms with Crippen LogP contribution in [0.3, 0.4) is 0 Å². The summed E-state index contributed by atoms with van der Waals surface area (Å²) in [6.07, 6.45) is 5.77. The normalized spacial score (nSPS) is 16.9. The third kappa shape index (κ3) is 6.72. The molecule has 0 aromatic carbocycles. The minimum absolute atomic E-state index is 0. The second-order valence-electron chi connectivity index (χ2n) is 8.51. The van der Waals surface area contributed by atoms with Crippen molar-refractivity contribution in [1.82, 2.24) is 20.5 Å². The number of oxazole rings is 1. The lowest BCUT2D eigenvalue weighted by atomic mass is 9.94. The fourth-order valence-corrected chi connectivity index (χ4v) is 3.03. The Bertz CT molecular complexity index is 571. The van der Waals surface area contributed by atoms with Crippen molar-refractivity contribution >= 4 is 29.9 Å². The zero-order valence-corrected chi connectivity index (χ0v) is 19.5. The Morgan fingerprint density at radius 3 is 2.35 bits per heavy atom. The number of nitrogens with zero attached hydrogens (tertiary/aromatic N) is 3. The van der Waals surface area contributed by atoms with E-state index in [9.17, 15) is 0 Å². The van der Waals surface area contributed by atoms with Crippen LogP contribution in [0.4, 0.5) is 0 Å². The standard InChI is InChI=1S/C19H35N5O.HI/c1-18(2,3)15-12-21-16(25-15)13-22-17(20-6)23-14-19(4,5)24-10-8-7-9-11-24;/h12H,7-11,13-14H2,1-6H3,(H2,20,22,23);1H. The minimum Gasteiger partial charge on any atom is -0.443 e. The molecule has 7 heteroatoms. The van der Waals surface area contributed by atoms with E-state index >= 15 is 0 Å². The average molecular weight is 477 g/mol. The molecule has 1 saturated heterocycles. The van der Waals surface area contributed by atoms with E-state index in [0.29, 0.717) is 12.4 Å². The summed E-state index contributed by atoms with van der Waals surface area (Å²) >= 11 is 0. The van der Waals surface area contributed by atoms with Gasteiger partial charge in [-0.05, 0) is 39.8 Å². The maximum atomic E-state index is 5.82. The van der Waals surface area contributed by atoms with E-state index in [1.807, 2.05) is 6.20 Å². The van der Waals surface area contributed by atoms with Gasteiger partial charge < -0.3 is 15.1 Å². The van der Waals surface area contributed by atoms with E-state index in [2.05, 4.69) is 60.1 Å². The van der Waals surface area contributed by atoms with E-state index < -0.39 is 0 Å². The molecular formula is C19H36IN5O. The van der Waals surface area contributed by atoms with Crippen molar-refractivity contribution in [3.8, 4) is 0 Å². The number of nitrogens with one attached hydrogen (secondary N) is 2. The quantitative estimate of drug-likeness (QED) is 0.386. The summed E-state index contributed by atoms with van der Waals surface area (Å²) in [4.78, 5) is 11.2. The van der Waals surface area contributed by atoms with Crippen LogP contribution in [-0.2, 0) is 12.0 Å². The van der Waals surface area contributed by atoms with Gasteiger partial charge in [-0.15, -0.1) is 24.0 Å². The first kappa shape index (κ1) is 23.2. The highest BCUT2D eigenvalue weighted by Crippen LogP contribution is 2.22. The Kier molecular flexibility index (Phi) is 8.85. The second kappa shape index (κ2) is 9.92. The molecule has 1 aromatic heterocycles. The number of piperidine rings is 1. The highest BCUT2D eigenvalue weighted by Gasteiger charge is 2.28. The van der Waals surface area contributed by atoms with Crippen LogP contribution in [0.25, 0.3) is 0 Å². The topological polar surface area (TPSA) is 65.7 Å². The van der Waals surface area contributed by atoms with Gasteiger partial charge in [-0.3, -0.25) is 9.89 Å². The molecule has 0 unspecified atom stereocenters. The molecule has 6 nitrogen and oxygen atoms in total. The summed E-state index contributed by atoms with van der Waals surface area (Å²) in [7, 11) is 1.79. The molecule has 0 radical (unpaired) electrons. The summed E-state index contributed by atoms with van der Waals surface area (Å²) in [6.45, 7) is 14.7. The van der Waals surface area contributed by atoms with Gasteiger partial charge >= 0.3 is 0 Å². The molecule has 0 amide bonds. The molecule has 0 aliphatic carbocycles. The molecule has 2 N–H and O–H groups in total. The Hall–Kier alpha value is -0.830. The van der Waals surface area contributed by atoms with Crippen LogP contribution < -0.4 is 10.6 Å². The van der Waals surface area contributed by atoms with Crippen molar-refractivity contribution in [1.29, 1.82) is 0 Å². The molecular weight excluding hydrogens is 441 g/mol. The molecule has 1 aliphatic heterocycles. The molecule has 1 fully saturated rings. The third-order valence-corrected chi connectivity index (χ3v) is 4.82. The van der Waals surface area contributed by atoms with Crippen molar-refractivity contribution in [2.45, 2.75) is 71.4 Å². The number of rotatable bonds is 5. The third-order valence-electron chi connectivity index (χ3n) is 4.82. The maximum Gasteiger partial charge on any atom is 0.213 e. The molecule has 26 heavy (non-hydrogen) atoms. The molecule has 150 valence electrons. The predicted molar refractivity (Wildman–Crippen MR) is 118 cm³/mol. The van der Waals surface area contributed by atoms with Gasteiger partial charge in [0.25, 0.3) is 0 Å². The summed E-state index contributed by atoms with van der Waals surface area (Å²) in [5.74, 6) is 2.36. The van der Waals surface area contributed by atoms with E-state index in [-0.39, 0.29) is 34.9 Å². The number of aliphatic imine (C=N–C) groups is 1. The van der Waals surface area contributed by atoms with E-state index in [4.69, 9.17) is 4.42 Å². The largest absolute Gasteiger partial charge is 0.443 e. The summed E-state index contributed by atoms with van der Waals surface area (Å²) in [5.41, 5.74) is 0.0873. The van der Waals surface area contributed by atoms with E-state index in [0.717, 1.165) is 18.3 Å². The number of hydrogen-bond acceptors (Lipinski definition) is 4. The zero-order chi connectivity index (χ0) is 18.5. The number of likely N-dealkylation sites (tertiary alicyclic amines) is 1. The molecule has 2 rings (SSSR count). The van der Waals surface area contributed by atoms with E-state index in [1.165, 1.54) is 32.4 Å². The Balaban J connectivity index is 0.00000338. The Morgan fingerprint density at radius 1 is 1.15 bits per heavy atom. The highest BCUT2D eigenvalue weighted by molar-refractivity contribution is 14.0. The molecule has 0 spiro atoms. The lowest BCUT2D eigenvalue weighted by molar-refractivity contribution is 0.0982. The second-order valence-corrected chi connectivity index (χ2v) is 8.51. The van der Waals surface area contributed by atoms with Gasteiger partial charge in [-0.1, -0.05) is 27.2 Å². The van der Waals surface area contributed by atoms with Crippen molar-refractivity contribution in [2.24, 2.45) is 4.99 Å². The van der Waals surface area contributed by atoms with Crippen molar-refractivity contribution in [3.05, 3.63) is 17.8 Å². The summed E-state index contributed by atoms with van der Waals surface area (Å²) in [5, 5.41) is 6.73. The first-order chi connectivity index (χ1) is 11.7. The fourth-order valence-electron chi connectivity index (χ4n) is 3.03. The van der Waals surface area contributed by atoms with Gasteiger partial charge in [-0.2, -0.15) is 0 Å². The van der Waals surface area contributed by atoms with Crippen molar-refractivity contribution in [2.75, 3.05) is 26.7 Å². The van der Waals surface area contributed by atoms with Crippen LogP contribution in [-0.4, -0.2) is 48.1 Å². The molecule has 1 aliphatic rings. The molecule has 0 atom stereocenters. The average Bonchev–Trinajstić information content (AvgIpc) is 3.05. The number of guanidine groups is 1. The smallest absolute Gasteiger partial charge is 0.213 e. The van der Waals surface area contributed by atoms with Crippen LogP contribution in [0.1, 0.15) is 65.5 Å². The lowest BCUT2D eigenvalue weighted by Gasteiger charge is -2.41. The number of halogens is 1. The predicted octanol–water partition coefficient (Wildman–Crippen LogP) is 3.52. The van der Waals surface area contributed by atoms with E-state index in [1.54, 1.807) is 7.05 Å². The van der Waals surface area contributed by atoms with Crippen LogP contribution in [0.15, 0.2) is 15.6 Å². The van der Waals surface area contributed by atoms with Crippen LogP contribution in [0.5, 0.6) is 0 Å². The molecule has 0 saturated carbocycles.